The Hall–Kier alpha value is -3.19. The van der Waals surface area contributed by atoms with Crippen LogP contribution >= 0.6 is 11.3 Å². The molecule has 0 spiro atoms. The number of carbonyl (C=O) groups excluding carboxylic acids is 1. The van der Waals surface area contributed by atoms with E-state index in [9.17, 15) is 4.79 Å². The molecule has 0 aliphatic carbocycles. The number of H-pyrrole nitrogens is 1. The minimum Gasteiger partial charge on any atom is -0.339 e. The number of rotatable bonds is 3. The van der Waals surface area contributed by atoms with E-state index in [1.165, 1.54) is 5.56 Å². The van der Waals surface area contributed by atoms with Crippen molar-refractivity contribution < 1.29 is 4.79 Å². The third-order valence-electron chi connectivity index (χ3n) is 4.61. The molecule has 1 aliphatic heterocycles. The lowest BCUT2D eigenvalue weighted by Gasteiger charge is -2.13. The summed E-state index contributed by atoms with van der Waals surface area (Å²) in [5.41, 5.74) is 4.44. The van der Waals surface area contributed by atoms with Crippen LogP contribution in [-0.4, -0.2) is 21.1 Å². The molecule has 1 amide bonds. The molecule has 0 unspecified atom stereocenters. The molecule has 0 atom stereocenters. The lowest BCUT2D eigenvalue weighted by Crippen LogP contribution is -2.16. The molecule has 0 radical (unpaired) electrons. The van der Waals surface area contributed by atoms with E-state index in [-0.39, 0.29) is 5.91 Å². The third-order valence-corrected chi connectivity index (χ3v) is 5.44. The Labute approximate surface area is 153 Å². The van der Waals surface area contributed by atoms with Gasteiger partial charge >= 0.3 is 0 Å². The zero-order chi connectivity index (χ0) is 17.5. The molecule has 7 heteroatoms. The molecule has 5 rings (SSSR count). The summed E-state index contributed by atoms with van der Waals surface area (Å²) < 4.78 is 0. The second kappa shape index (κ2) is 5.96. The second-order valence-corrected chi connectivity index (χ2v) is 7.06. The molecule has 0 bridgehead atoms. The molecule has 3 heterocycles. The van der Waals surface area contributed by atoms with Crippen molar-refractivity contribution in [2.24, 2.45) is 0 Å². The van der Waals surface area contributed by atoms with E-state index in [0.717, 1.165) is 40.4 Å². The van der Waals surface area contributed by atoms with E-state index >= 15 is 0 Å². The van der Waals surface area contributed by atoms with E-state index in [1.807, 2.05) is 48.0 Å². The van der Waals surface area contributed by atoms with Gasteiger partial charge in [-0.05, 0) is 17.7 Å². The Morgan fingerprint density at radius 3 is 2.96 bits per heavy atom. The van der Waals surface area contributed by atoms with E-state index in [4.69, 9.17) is 0 Å². The smallest absolute Gasteiger partial charge is 0.276 e. The molecule has 0 saturated heterocycles. The number of nitrogens with zero attached hydrogens (tertiary/aromatic N) is 3. The van der Waals surface area contributed by atoms with Crippen LogP contribution in [0.15, 0.2) is 54.0 Å². The van der Waals surface area contributed by atoms with Gasteiger partial charge in [0.05, 0.1) is 5.52 Å². The van der Waals surface area contributed by atoms with Crippen LogP contribution in [0.25, 0.3) is 10.9 Å². The zero-order valence-electron chi connectivity index (χ0n) is 13.8. The van der Waals surface area contributed by atoms with Gasteiger partial charge in [0.15, 0.2) is 10.8 Å². The molecule has 2 aromatic carbocycles. The molecule has 26 heavy (non-hydrogen) atoms. The summed E-state index contributed by atoms with van der Waals surface area (Å²) in [4.78, 5) is 19.4. The first-order chi connectivity index (χ1) is 12.8. The maximum atomic E-state index is 12.8. The topological polar surface area (TPSA) is 73.9 Å². The van der Waals surface area contributed by atoms with Gasteiger partial charge in [-0.25, -0.2) is 4.98 Å². The van der Waals surface area contributed by atoms with Crippen molar-refractivity contribution in [2.75, 3.05) is 10.2 Å². The molecule has 0 fully saturated rings. The first kappa shape index (κ1) is 15.1. The quantitative estimate of drug-likeness (QED) is 0.582. The first-order valence-electron chi connectivity index (χ1n) is 8.29. The first-order valence-corrected chi connectivity index (χ1v) is 9.17. The van der Waals surface area contributed by atoms with E-state index < -0.39 is 0 Å². The molecule has 2 aromatic heterocycles. The van der Waals surface area contributed by atoms with Gasteiger partial charge in [0.25, 0.3) is 5.91 Å². The fourth-order valence-electron chi connectivity index (χ4n) is 3.36. The molecule has 128 valence electrons. The predicted octanol–water partition coefficient (Wildman–Crippen LogP) is 3.79. The number of amides is 1. The van der Waals surface area contributed by atoms with Gasteiger partial charge in [-0.2, -0.15) is 5.10 Å². The largest absolute Gasteiger partial charge is 0.339 e. The van der Waals surface area contributed by atoms with Crippen molar-refractivity contribution in [1.82, 2.24) is 15.2 Å². The number of fused-ring (bicyclic) bond motifs is 2. The summed E-state index contributed by atoms with van der Waals surface area (Å²) in [6.07, 6.45) is 1.81. The number of thiazole rings is 1. The van der Waals surface area contributed by atoms with Crippen LogP contribution in [0.1, 0.15) is 21.6 Å². The molecule has 2 N–H and O–H groups in total. The van der Waals surface area contributed by atoms with Crippen molar-refractivity contribution in [1.29, 1.82) is 0 Å². The van der Waals surface area contributed by atoms with Crippen LogP contribution in [0.4, 0.5) is 10.8 Å². The van der Waals surface area contributed by atoms with Crippen molar-refractivity contribution >= 4 is 39.0 Å². The van der Waals surface area contributed by atoms with Crippen molar-refractivity contribution in [3.05, 3.63) is 70.9 Å². The van der Waals surface area contributed by atoms with Crippen LogP contribution < -0.4 is 10.2 Å². The number of aromatic amines is 1. The average Bonchev–Trinajstić information content (AvgIpc) is 3.39. The highest BCUT2D eigenvalue weighted by Crippen LogP contribution is 2.33. The summed E-state index contributed by atoms with van der Waals surface area (Å²) in [5.74, 6) is -0.205. The summed E-state index contributed by atoms with van der Waals surface area (Å²) in [5, 5.41) is 13.9. The van der Waals surface area contributed by atoms with Gasteiger partial charge in [0, 0.05) is 41.3 Å². The summed E-state index contributed by atoms with van der Waals surface area (Å²) in [7, 11) is 0. The van der Waals surface area contributed by atoms with Gasteiger partial charge in [-0.1, -0.05) is 30.3 Å². The number of para-hydroxylation sites is 1. The number of hydrogen-bond acceptors (Lipinski definition) is 5. The Morgan fingerprint density at radius 2 is 2.08 bits per heavy atom. The highest BCUT2D eigenvalue weighted by Gasteiger charge is 2.24. The maximum absolute atomic E-state index is 12.8. The van der Waals surface area contributed by atoms with Gasteiger partial charge in [-0.15, -0.1) is 11.3 Å². The van der Waals surface area contributed by atoms with Crippen LogP contribution in [-0.2, 0) is 13.1 Å². The number of nitrogens with one attached hydrogen (secondary N) is 2. The number of aromatic nitrogens is 3. The van der Waals surface area contributed by atoms with E-state index in [2.05, 4.69) is 31.5 Å². The fourth-order valence-corrected chi connectivity index (χ4v) is 4.01. The van der Waals surface area contributed by atoms with Crippen molar-refractivity contribution in [3.8, 4) is 0 Å². The Balaban J connectivity index is 1.44. The summed E-state index contributed by atoms with van der Waals surface area (Å²) >= 11 is 1.62. The molecular weight excluding hydrogens is 346 g/mol. The average molecular weight is 361 g/mol. The van der Waals surface area contributed by atoms with Crippen LogP contribution in [0.3, 0.4) is 0 Å². The summed E-state index contributed by atoms with van der Waals surface area (Å²) in [6.45, 7) is 1.54. The lowest BCUT2D eigenvalue weighted by atomic mass is 10.1. The molecule has 6 nitrogen and oxygen atoms in total. The minimum atomic E-state index is -0.205. The highest BCUT2D eigenvalue weighted by atomic mass is 32.1. The highest BCUT2D eigenvalue weighted by molar-refractivity contribution is 7.13. The van der Waals surface area contributed by atoms with Crippen molar-refractivity contribution in [3.63, 3.8) is 0 Å². The maximum Gasteiger partial charge on any atom is 0.276 e. The monoisotopic (exact) mass is 361 g/mol. The predicted molar refractivity (Wildman–Crippen MR) is 102 cm³/mol. The van der Waals surface area contributed by atoms with Crippen LogP contribution in [0.2, 0.25) is 0 Å². The third kappa shape index (κ3) is 2.44. The summed E-state index contributed by atoms with van der Waals surface area (Å²) in [6, 6.07) is 13.6. The number of carbonyl (C=O) groups is 1. The van der Waals surface area contributed by atoms with Gasteiger partial charge in [-0.3, -0.25) is 9.89 Å². The van der Waals surface area contributed by atoms with Crippen LogP contribution in [0.5, 0.6) is 0 Å². The lowest BCUT2D eigenvalue weighted by molar-refractivity contribution is 0.102. The van der Waals surface area contributed by atoms with Crippen LogP contribution in [0, 0.1) is 0 Å². The van der Waals surface area contributed by atoms with E-state index in [1.54, 1.807) is 11.3 Å². The Morgan fingerprint density at radius 1 is 1.15 bits per heavy atom. The molecule has 1 aliphatic rings. The van der Waals surface area contributed by atoms with Gasteiger partial charge in [0.1, 0.15) is 0 Å². The standard InChI is InChI=1S/C19H15N5OS/c25-18(17-13-5-1-2-6-16(13)22-23-17)21-15-7-3-4-12-10-24(11-14(12)15)19-20-8-9-26-19/h1-9H,10-11H2,(H,21,25)(H,22,23). The Bertz CT molecular complexity index is 1100. The van der Waals surface area contributed by atoms with Gasteiger partial charge in [0.2, 0.25) is 0 Å². The number of benzene rings is 2. The molecular formula is C19H15N5OS. The SMILES string of the molecule is O=C(Nc1cccc2c1CN(c1nccs1)C2)c1n[nH]c2ccccc12. The van der Waals surface area contributed by atoms with E-state index in [0.29, 0.717) is 5.69 Å². The normalized spacial score (nSPS) is 13.2. The second-order valence-electron chi connectivity index (χ2n) is 6.19. The fraction of sp³-hybridized carbons (Fsp3) is 0.105. The molecule has 0 saturated carbocycles. The zero-order valence-corrected chi connectivity index (χ0v) is 14.6. The van der Waals surface area contributed by atoms with Gasteiger partial charge < -0.3 is 10.2 Å². The molecule has 4 aromatic rings. The van der Waals surface area contributed by atoms with Crippen molar-refractivity contribution in [2.45, 2.75) is 13.1 Å². The number of anilines is 2. The minimum absolute atomic E-state index is 0.205. The Kier molecular flexibility index (Phi) is 3.46. The number of hydrogen-bond donors (Lipinski definition) is 2.